The van der Waals surface area contributed by atoms with E-state index in [0.717, 1.165) is 5.69 Å². The summed E-state index contributed by atoms with van der Waals surface area (Å²) >= 11 is 0. The number of carboxylic acids is 1. The average molecular weight is 244 g/mol. The van der Waals surface area contributed by atoms with Gasteiger partial charge in [0.05, 0.1) is 12.0 Å². The Hall–Kier alpha value is -2.77. The lowest BCUT2D eigenvalue weighted by Crippen LogP contribution is -2.03. The zero-order chi connectivity index (χ0) is 12.7. The summed E-state index contributed by atoms with van der Waals surface area (Å²) in [5, 5.41) is 21.1. The highest BCUT2D eigenvalue weighted by molar-refractivity contribution is 5.91. The molecule has 0 saturated carbocycles. The molecule has 8 heteroatoms. The van der Waals surface area contributed by atoms with Gasteiger partial charge in [-0.2, -0.15) is 9.61 Å². The summed E-state index contributed by atoms with van der Waals surface area (Å²) in [5.74, 6) is -0.806. The lowest BCUT2D eigenvalue weighted by atomic mass is 10.3. The molecule has 90 valence electrons. The Morgan fingerprint density at radius 1 is 1.39 bits per heavy atom. The van der Waals surface area contributed by atoms with Crippen molar-refractivity contribution in [2.24, 2.45) is 0 Å². The third-order valence-electron chi connectivity index (χ3n) is 2.46. The number of imidazole rings is 1. The van der Waals surface area contributed by atoms with Crippen molar-refractivity contribution >= 4 is 11.6 Å². The first-order valence-corrected chi connectivity index (χ1v) is 5.13. The first-order chi connectivity index (χ1) is 8.66. The maximum Gasteiger partial charge on any atom is 0.354 e. The number of hydrogen-bond donors (Lipinski definition) is 2. The number of aromatic amines is 1. The molecule has 0 saturated heterocycles. The smallest absolute Gasteiger partial charge is 0.354 e. The van der Waals surface area contributed by atoms with Gasteiger partial charge in [-0.1, -0.05) is 0 Å². The van der Waals surface area contributed by atoms with Crippen LogP contribution in [0.15, 0.2) is 18.5 Å². The van der Waals surface area contributed by atoms with Gasteiger partial charge in [0.25, 0.3) is 0 Å². The van der Waals surface area contributed by atoms with Crippen molar-refractivity contribution < 1.29 is 9.90 Å². The first-order valence-electron chi connectivity index (χ1n) is 5.13. The molecule has 0 aliphatic rings. The van der Waals surface area contributed by atoms with E-state index >= 15 is 0 Å². The van der Waals surface area contributed by atoms with E-state index in [-0.39, 0.29) is 11.4 Å². The topological polar surface area (TPSA) is 109 Å². The minimum absolute atomic E-state index is 0.0346. The highest BCUT2D eigenvalue weighted by Gasteiger charge is 2.20. The maximum absolute atomic E-state index is 11.0. The number of carboxylic acid groups (broad SMARTS) is 1. The van der Waals surface area contributed by atoms with Gasteiger partial charge in [0.1, 0.15) is 5.69 Å². The summed E-state index contributed by atoms with van der Waals surface area (Å²) in [6, 6.07) is 3.56. The van der Waals surface area contributed by atoms with E-state index in [1.165, 1.54) is 10.8 Å². The van der Waals surface area contributed by atoms with Gasteiger partial charge in [0, 0.05) is 0 Å². The van der Waals surface area contributed by atoms with Crippen LogP contribution >= 0.6 is 0 Å². The molecule has 0 atom stereocenters. The van der Waals surface area contributed by atoms with Crippen molar-refractivity contribution in [2.45, 2.75) is 6.92 Å². The van der Waals surface area contributed by atoms with Crippen LogP contribution in [0, 0.1) is 6.92 Å². The Balaban J connectivity index is 2.28. The fraction of sp³-hybridized carbons (Fsp3) is 0.100. The van der Waals surface area contributed by atoms with Crippen molar-refractivity contribution in [1.82, 2.24) is 29.8 Å². The SMILES string of the molecule is Cc1ccc2nnc(-c3nc[nH]c3C(=O)O)n2n1. The van der Waals surface area contributed by atoms with Crippen molar-refractivity contribution in [3.8, 4) is 11.5 Å². The first kappa shape index (κ1) is 10.4. The second-order valence-electron chi connectivity index (χ2n) is 3.70. The number of aromatic nitrogens is 6. The van der Waals surface area contributed by atoms with Gasteiger partial charge in [-0.05, 0) is 19.1 Å². The number of hydrogen-bond acceptors (Lipinski definition) is 5. The molecule has 2 N–H and O–H groups in total. The largest absolute Gasteiger partial charge is 0.477 e. The standard InChI is InChI=1S/C10H8N6O2/c1-5-2-3-6-13-14-9(16(6)15-5)7-8(10(17)18)12-4-11-7/h2-4H,1H3,(H,11,12)(H,17,18). The van der Waals surface area contributed by atoms with Crippen LogP contribution in [0.2, 0.25) is 0 Å². The molecule has 0 fully saturated rings. The van der Waals surface area contributed by atoms with E-state index in [4.69, 9.17) is 5.11 Å². The second kappa shape index (κ2) is 3.62. The van der Waals surface area contributed by atoms with Crippen molar-refractivity contribution in [3.63, 3.8) is 0 Å². The minimum Gasteiger partial charge on any atom is -0.477 e. The van der Waals surface area contributed by atoms with Gasteiger partial charge in [0.15, 0.2) is 11.3 Å². The van der Waals surface area contributed by atoms with Crippen molar-refractivity contribution in [2.75, 3.05) is 0 Å². The van der Waals surface area contributed by atoms with E-state index in [1.54, 1.807) is 12.1 Å². The Bertz CT molecular complexity index is 744. The zero-order valence-electron chi connectivity index (χ0n) is 9.32. The second-order valence-corrected chi connectivity index (χ2v) is 3.70. The quantitative estimate of drug-likeness (QED) is 0.680. The minimum atomic E-state index is -1.10. The van der Waals surface area contributed by atoms with Crippen LogP contribution in [-0.4, -0.2) is 40.9 Å². The molecule has 0 aromatic carbocycles. The number of rotatable bonds is 2. The highest BCUT2D eigenvalue weighted by atomic mass is 16.4. The molecule has 3 rings (SSSR count). The molecule has 0 spiro atoms. The van der Waals surface area contributed by atoms with E-state index < -0.39 is 5.97 Å². The number of aryl methyl sites for hydroxylation is 1. The van der Waals surface area contributed by atoms with Gasteiger partial charge < -0.3 is 10.1 Å². The summed E-state index contributed by atoms with van der Waals surface area (Å²) in [5.41, 5.74) is 1.49. The van der Waals surface area contributed by atoms with Crippen molar-refractivity contribution in [1.29, 1.82) is 0 Å². The van der Waals surface area contributed by atoms with Crippen LogP contribution in [-0.2, 0) is 0 Å². The number of nitrogens with zero attached hydrogens (tertiary/aromatic N) is 5. The number of aromatic carboxylic acids is 1. The third kappa shape index (κ3) is 1.43. The average Bonchev–Trinajstić information content (AvgIpc) is 2.92. The Kier molecular flexibility index (Phi) is 2.09. The van der Waals surface area contributed by atoms with E-state index in [0.29, 0.717) is 11.5 Å². The summed E-state index contributed by atoms with van der Waals surface area (Å²) in [6.45, 7) is 1.83. The Morgan fingerprint density at radius 3 is 3.00 bits per heavy atom. The summed E-state index contributed by atoms with van der Waals surface area (Å²) < 4.78 is 1.47. The number of carbonyl (C=O) groups is 1. The van der Waals surface area contributed by atoms with Crippen LogP contribution < -0.4 is 0 Å². The lowest BCUT2D eigenvalue weighted by Gasteiger charge is -1.98. The Morgan fingerprint density at radius 2 is 2.22 bits per heavy atom. The van der Waals surface area contributed by atoms with E-state index in [2.05, 4.69) is 25.3 Å². The van der Waals surface area contributed by atoms with Crippen LogP contribution in [0.4, 0.5) is 0 Å². The van der Waals surface area contributed by atoms with Crippen LogP contribution in [0.3, 0.4) is 0 Å². The van der Waals surface area contributed by atoms with E-state index in [9.17, 15) is 4.79 Å². The Labute approximate surface area is 100 Å². The molecule has 3 aromatic rings. The number of fused-ring (bicyclic) bond motifs is 1. The highest BCUT2D eigenvalue weighted by Crippen LogP contribution is 2.18. The zero-order valence-corrected chi connectivity index (χ0v) is 9.32. The number of nitrogens with one attached hydrogen (secondary N) is 1. The normalized spacial score (nSPS) is 10.9. The van der Waals surface area contributed by atoms with Crippen molar-refractivity contribution in [3.05, 3.63) is 29.8 Å². The molecule has 0 aliphatic heterocycles. The van der Waals surface area contributed by atoms with Gasteiger partial charge in [-0.15, -0.1) is 10.2 Å². The molecule has 0 aliphatic carbocycles. The van der Waals surface area contributed by atoms with Gasteiger partial charge in [-0.25, -0.2) is 9.78 Å². The van der Waals surface area contributed by atoms with Crippen LogP contribution in [0.25, 0.3) is 17.2 Å². The molecular formula is C10H8N6O2. The van der Waals surface area contributed by atoms with Gasteiger partial charge >= 0.3 is 5.97 Å². The summed E-state index contributed by atoms with van der Waals surface area (Å²) in [6.07, 6.45) is 1.30. The summed E-state index contributed by atoms with van der Waals surface area (Å²) in [4.78, 5) is 17.5. The monoisotopic (exact) mass is 244 g/mol. The fourth-order valence-corrected chi connectivity index (χ4v) is 1.66. The summed E-state index contributed by atoms with van der Waals surface area (Å²) in [7, 11) is 0. The van der Waals surface area contributed by atoms with Gasteiger partial charge in [0.2, 0.25) is 5.82 Å². The fourth-order valence-electron chi connectivity index (χ4n) is 1.66. The molecule has 0 bridgehead atoms. The molecule has 0 radical (unpaired) electrons. The van der Waals surface area contributed by atoms with E-state index in [1.807, 2.05) is 6.92 Å². The van der Waals surface area contributed by atoms with Crippen LogP contribution in [0.5, 0.6) is 0 Å². The molecule has 0 unspecified atom stereocenters. The molecule has 3 heterocycles. The molecule has 3 aromatic heterocycles. The lowest BCUT2D eigenvalue weighted by molar-refractivity contribution is 0.0692. The van der Waals surface area contributed by atoms with Crippen LogP contribution in [0.1, 0.15) is 16.2 Å². The molecule has 0 amide bonds. The predicted octanol–water partition coefficient (Wildman–Crippen LogP) is 0.521. The number of H-pyrrole nitrogens is 1. The predicted molar refractivity (Wildman–Crippen MR) is 60.1 cm³/mol. The molecule has 8 nitrogen and oxygen atoms in total. The van der Waals surface area contributed by atoms with Gasteiger partial charge in [-0.3, -0.25) is 0 Å². The molecular weight excluding hydrogens is 236 g/mol. The maximum atomic E-state index is 11.0. The third-order valence-corrected chi connectivity index (χ3v) is 2.46. The molecule has 18 heavy (non-hydrogen) atoms.